The number of Topliss-reactive ketones (excluding diaryl/α,β-unsaturated/α-hetero) is 2. The monoisotopic (exact) mass is 476 g/mol. The maximum atomic E-state index is 13.2. The third-order valence-corrected chi connectivity index (χ3v) is 7.08. The van der Waals surface area contributed by atoms with Crippen molar-refractivity contribution in [1.82, 2.24) is 4.98 Å². The average molecular weight is 477 g/mol. The molecule has 1 unspecified atom stereocenters. The Morgan fingerprint density at radius 2 is 1.76 bits per heavy atom. The van der Waals surface area contributed by atoms with E-state index in [9.17, 15) is 19.5 Å². The standard InChI is InChI=1S/C26H24N2O5S/c1-5-16-6-8-17(9-7-16)21-20(22(30)18-10-12-19(33-4)13-11-18)23(31)25(32)28(21)26-27-14(2)24(34-26)15(3)29/h6-13,21,30H,5H2,1-4H3/b22-20+. The molecule has 1 aliphatic heterocycles. The summed E-state index contributed by atoms with van der Waals surface area (Å²) < 4.78 is 5.17. The van der Waals surface area contributed by atoms with Gasteiger partial charge in [0.15, 0.2) is 10.9 Å². The second kappa shape index (κ2) is 9.23. The van der Waals surface area contributed by atoms with Crippen molar-refractivity contribution in [3.63, 3.8) is 0 Å². The van der Waals surface area contributed by atoms with Gasteiger partial charge in [-0.05, 0) is 48.7 Å². The number of aryl methyl sites for hydroxylation is 2. The van der Waals surface area contributed by atoms with E-state index in [4.69, 9.17) is 4.74 Å². The Kier molecular flexibility index (Phi) is 6.34. The molecule has 1 N–H and O–H groups in total. The number of methoxy groups -OCH3 is 1. The molecule has 8 heteroatoms. The van der Waals surface area contributed by atoms with E-state index in [1.807, 2.05) is 31.2 Å². The summed E-state index contributed by atoms with van der Waals surface area (Å²) in [5.74, 6) is -1.47. The molecule has 174 valence electrons. The van der Waals surface area contributed by atoms with Crippen LogP contribution in [0.1, 0.15) is 51.9 Å². The first-order valence-corrected chi connectivity index (χ1v) is 11.6. The van der Waals surface area contributed by atoms with Crippen LogP contribution in [-0.4, -0.2) is 34.7 Å². The van der Waals surface area contributed by atoms with Gasteiger partial charge in [-0.2, -0.15) is 0 Å². The first-order chi connectivity index (χ1) is 16.3. The lowest BCUT2D eigenvalue weighted by Gasteiger charge is -2.23. The van der Waals surface area contributed by atoms with Crippen LogP contribution in [0.5, 0.6) is 5.75 Å². The van der Waals surface area contributed by atoms with Gasteiger partial charge in [-0.25, -0.2) is 4.98 Å². The van der Waals surface area contributed by atoms with Crippen molar-refractivity contribution < 1.29 is 24.2 Å². The lowest BCUT2D eigenvalue weighted by molar-refractivity contribution is -0.132. The number of ether oxygens (including phenoxy) is 1. The Balaban J connectivity index is 1.92. The van der Waals surface area contributed by atoms with Crippen LogP contribution >= 0.6 is 11.3 Å². The van der Waals surface area contributed by atoms with Crippen LogP contribution in [-0.2, 0) is 16.0 Å². The summed E-state index contributed by atoms with van der Waals surface area (Å²) in [7, 11) is 1.53. The molecule has 1 atom stereocenters. The summed E-state index contributed by atoms with van der Waals surface area (Å²) in [5.41, 5.74) is 2.60. The fourth-order valence-corrected chi connectivity index (χ4v) is 4.99. The molecule has 0 bridgehead atoms. The van der Waals surface area contributed by atoms with Gasteiger partial charge >= 0.3 is 5.91 Å². The number of aromatic nitrogens is 1. The first-order valence-electron chi connectivity index (χ1n) is 10.8. The zero-order valence-electron chi connectivity index (χ0n) is 19.3. The zero-order valence-corrected chi connectivity index (χ0v) is 20.1. The molecule has 7 nitrogen and oxygen atoms in total. The number of thiazole rings is 1. The Labute approximate surface area is 201 Å². The maximum Gasteiger partial charge on any atom is 0.301 e. The lowest BCUT2D eigenvalue weighted by atomic mass is 9.94. The van der Waals surface area contributed by atoms with Crippen LogP contribution in [0.3, 0.4) is 0 Å². The summed E-state index contributed by atoms with van der Waals surface area (Å²) >= 11 is 1.06. The number of carbonyl (C=O) groups excluding carboxylic acids is 3. The Morgan fingerprint density at radius 1 is 1.12 bits per heavy atom. The molecule has 2 aromatic carbocycles. The minimum Gasteiger partial charge on any atom is -0.507 e. The number of hydrogen-bond donors (Lipinski definition) is 1. The number of amides is 1. The van der Waals surface area contributed by atoms with Crippen LogP contribution in [0.2, 0.25) is 0 Å². The van der Waals surface area contributed by atoms with Gasteiger partial charge in [0.1, 0.15) is 11.5 Å². The van der Waals surface area contributed by atoms with Crippen LogP contribution < -0.4 is 9.64 Å². The van der Waals surface area contributed by atoms with E-state index in [0.717, 1.165) is 23.3 Å². The van der Waals surface area contributed by atoms with Crippen LogP contribution in [0, 0.1) is 6.92 Å². The molecule has 2 heterocycles. The van der Waals surface area contributed by atoms with Gasteiger partial charge in [-0.15, -0.1) is 0 Å². The molecule has 4 rings (SSSR count). The van der Waals surface area contributed by atoms with Gasteiger partial charge in [-0.3, -0.25) is 19.3 Å². The number of nitrogens with zero attached hydrogens (tertiary/aromatic N) is 2. The molecule has 0 saturated carbocycles. The maximum absolute atomic E-state index is 13.2. The first kappa shape index (κ1) is 23.4. The molecule has 3 aromatic rings. The largest absolute Gasteiger partial charge is 0.507 e. The third-order valence-electron chi connectivity index (χ3n) is 5.82. The molecule has 0 spiro atoms. The second-order valence-electron chi connectivity index (χ2n) is 7.96. The highest BCUT2D eigenvalue weighted by molar-refractivity contribution is 7.18. The average Bonchev–Trinajstić information content (AvgIpc) is 3.35. The Bertz CT molecular complexity index is 1310. The molecule has 1 saturated heterocycles. The van der Waals surface area contributed by atoms with Gasteiger partial charge in [0.25, 0.3) is 5.78 Å². The molecule has 1 aliphatic rings. The van der Waals surface area contributed by atoms with Gasteiger partial charge in [0.2, 0.25) is 0 Å². The molecule has 34 heavy (non-hydrogen) atoms. The van der Waals surface area contributed by atoms with Crippen molar-refractivity contribution in [1.29, 1.82) is 0 Å². The van der Waals surface area contributed by atoms with Crippen molar-refractivity contribution in [2.24, 2.45) is 0 Å². The predicted octanol–water partition coefficient (Wildman–Crippen LogP) is 4.85. The lowest BCUT2D eigenvalue weighted by Crippen LogP contribution is -2.29. The van der Waals surface area contributed by atoms with Gasteiger partial charge in [0.05, 0.1) is 29.3 Å². The molecule has 1 fully saturated rings. The number of aliphatic hydroxyl groups excluding tert-OH is 1. The molecular formula is C26H24N2O5S. The van der Waals surface area contributed by atoms with E-state index in [-0.39, 0.29) is 22.2 Å². The predicted molar refractivity (Wildman–Crippen MR) is 130 cm³/mol. The van der Waals surface area contributed by atoms with Crippen molar-refractivity contribution in [3.8, 4) is 5.75 Å². The third kappa shape index (κ3) is 4.01. The summed E-state index contributed by atoms with van der Waals surface area (Å²) in [5, 5.41) is 11.4. The minimum atomic E-state index is -0.890. The highest BCUT2D eigenvalue weighted by atomic mass is 32.1. The molecular weight excluding hydrogens is 452 g/mol. The second-order valence-corrected chi connectivity index (χ2v) is 8.94. The summed E-state index contributed by atoms with van der Waals surface area (Å²) in [6.07, 6.45) is 0.833. The normalized spacial score (nSPS) is 17.3. The van der Waals surface area contributed by atoms with E-state index in [0.29, 0.717) is 27.4 Å². The number of aliphatic hydroxyl groups is 1. The van der Waals surface area contributed by atoms with Crippen molar-refractivity contribution in [2.75, 3.05) is 12.0 Å². The highest BCUT2D eigenvalue weighted by Gasteiger charge is 2.48. The van der Waals surface area contributed by atoms with Crippen molar-refractivity contribution in [3.05, 3.63) is 81.4 Å². The van der Waals surface area contributed by atoms with Crippen LogP contribution in [0.15, 0.2) is 54.1 Å². The topological polar surface area (TPSA) is 96.8 Å². The van der Waals surface area contributed by atoms with Gasteiger partial charge in [-0.1, -0.05) is 42.5 Å². The SMILES string of the molecule is CCc1ccc(C2/C(=C(\O)c3ccc(OC)cc3)C(=O)C(=O)N2c2nc(C)c(C(C)=O)s2)cc1. The number of hydrogen-bond acceptors (Lipinski definition) is 7. The van der Waals surface area contributed by atoms with E-state index < -0.39 is 17.7 Å². The summed E-state index contributed by atoms with van der Waals surface area (Å²) in [6.45, 7) is 5.16. The fourth-order valence-electron chi connectivity index (χ4n) is 4.00. The number of benzene rings is 2. The molecule has 0 aliphatic carbocycles. The van der Waals surface area contributed by atoms with Crippen LogP contribution in [0.25, 0.3) is 5.76 Å². The zero-order chi connectivity index (χ0) is 24.6. The van der Waals surface area contributed by atoms with Gasteiger partial charge in [0, 0.05) is 12.5 Å². The highest BCUT2D eigenvalue weighted by Crippen LogP contribution is 2.44. The fraction of sp³-hybridized carbons (Fsp3) is 0.231. The minimum absolute atomic E-state index is 0.0309. The summed E-state index contributed by atoms with van der Waals surface area (Å²) in [4.78, 5) is 44.6. The van der Waals surface area contributed by atoms with Gasteiger partial charge < -0.3 is 9.84 Å². The smallest absolute Gasteiger partial charge is 0.301 e. The van der Waals surface area contributed by atoms with E-state index in [1.165, 1.54) is 18.9 Å². The summed E-state index contributed by atoms with van der Waals surface area (Å²) in [6, 6.07) is 13.2. The Hall–Kier alpha value is -3.78. The van der Waals surface area contributed by atoms with Crippen LogP contribution in [0.4, 0.5) is 5.13 Å². The van der Waals surface area contributed by atoms with E-state index in [2.05, 4.69) is 4.98 Å². The number of carbonyl (C=O) groups is 3. The Morgan fingerprint density at radius 3 is 2.29 bits per heavy atom. The van der Waals surface area contributed by atoms with Crippen molar-refractivity contribution >= 4 is 39.7 Å². The number of rotatable bonds is 6. The van der Waals surface area contributed by atoms with E-state index in [1.54, 1.807) is 31.2 Å². The quantitative estimate of drug-likeness (QED) is 0.236. The van der Waals surface area contributed by atoms with Crippen molar-refractivity contribution in [2.45, 2.75) is 33.2 Å². The number of ketones is 2. The molecule has 1 amide bonds. The molecule has 0 radical (unpaired) electrons. The number of anilines is 1. The van der Waals surface area contributed by atoms with E-state index >= 15 is 0 Å². The molecule has 1 aromatic heterocycles.